The molecule has 0 amide bonds. The van der Waals surface area contributed by atoms with Crippen molar-refractivity contribution >= 4 is 32.6 Å². The van der Waals surface area contributed by atoms with Crippen LogP contribution in [0.3, 0.4) is 0 Å². The molecule has 1 atom stereocenters. The van der Waals surface area contributed by atoms with Crippen LogP contribution in [0.4, 0.5) is 0 Å². The standard InChI is InChI=1S/C21H21BrN2O4/c1-14(25)2-3-15-4-7-18(8-5-15)28-12-17(26)11-24-13-23-20-9-6-16(22)10-19(20)21(24)27/h4-10,13,17,26H,2-3,11-12H2,1H3. The highest BCUT2D eigenvalue weighted by molar-refractivity contribution is 9.10. The molecule has 146 valence electrons. The van der Waals surface area contributed by atoms with Crippen molar-refractivity contribution in [3.05, 3.63) is 69.2 Å². The molecule has 0 radical (unpaired) electrons. The number of ether oxygens (including phenoxy) is 1. The van der Waals surface area contributed by atoms with Gasteiger partial charge in [-0.2, -0.15) is 0 Å². The molecule has 1 aromatic heterocycles. The number of aliphatic hydroxyl groups excluding tert-OH is 1. The topological polar surface area (TPSA) is 81.4 Å². The van der Waals surface area contributed by atoms with Crippen LogP contribution in [0.15, 0.2) is 58.1 Å². The second kappa shape index (κ2) is 9.12. The highest BCUT2D eigenvalue weighted by Crippen LogP contribution is 2.16. The first kappa shape index (κ1) is 20.2. The average Bonchev–Trinajstić information content (AvgIpc) is 2.68. The van der Waals surface area contributed by atoms with Gasteiger partial charge in [-0.3, -0.25) is 9.36 Å². The van der Waals surface area contributed by atoms with E-state index < -0.39 is 6.10 Å². The molecule has 3 aromatic rings. The minimum absolute atomic E-state index is 0.0513. The lowest BCUT2D eigenvalue weighted by atomic mass is 10.1. The van der Waals surface area contributed by atoms with Gasteiger partial charge in [-0.1, -0.05) is 28.1 Å². The first-order chi connectivity index (χ1) is 13.4. The van der Waals surface area contributed by atoms with Crippen molar-refractivity contribution in [2.75, 3.05) is 6.61 Å². The molecule has 3 rings (SSSR count). The first-order valence-electron chi connectivity index (χ1n) is 8.96. The number of aryl methyl sites for hydroxylation is 1. The summed E-state index contributed by atoms with van der Waals surface area (Å²) in [5.41, 5.74) is 1.46. The van der Waals surface area contributed by atoms with Crippen LogP contribution in [0, 0.1) is 0 Å². The number of carbonyl (C=O) groups excluding carboxylic acids is 1. The van der Waals surface area contributed by atoms with Gasteiger partial charge in [0, 0.05) is 10.9 Å². The predicted octanol–water partition coefficient (Wildman–Crippen LogP) is 3.12. The summed E-state index contributed by atoms with van der Waals surface area (Å²) >= 11 is 3.35. The predicted molar refractivity (Wildman–Crippen MR) is 111 cm³/mol. The fourth-order valence-corrected chi connectivity index (χ4v) is 3.17. The molecule has 2 aromatic carbocycles. The van der Waals surface area contributed by atoms with E-state index in [1.54, 1.807) is 19.1 Å². The van der Waals surface area contributed by atoms with Crippen LogP contribution >= 0.6 is 15.9 Å². The zero-order valence-corrected chi connectivity index (χ0v) is 17.1. The Morgan fingerprint density at radius 3 is 2.71 bits per heavy atom. The van der Waals surface area contributed by atoms with Gasteiger partial charge in [0.1, 0.15) is 24.2 Å². The van der Waals surface area contributed by atoms with Gasteiger partial charge in [-0.05, 0) is 49.2 Å². The number of halogens is 1. The molecule has 1 unspecified atom stereocenters. The summed E-state index contributed by atoms with van der Waals surface area (Å²) in [5.74, 6) is 0.785. The molecule has 0 fully saturated rings. The number of rotatable bonds is 8. The number of Topliss-reactive ketones (excluding diaryl/α,β-unsaturated/α-hetero) is 1. The van der Waals surface area contributed by atoms with E-state index in [4.69, 9.17) is 4.74 Å². The molecule has 0 spiro atoms. The summed E-state index contributed by atoms with van der Waals surface area (Å²) in [7, 11) is 0. The van der Waals surface area contributed by atoms with Gasteiger partial charge >= 0.3 is 0 Å². The third kappa shape index (κ3) is 5.27. The van der Waals surface area contributed by atoms with Crippen LogP contribution in [-0.4, -0.2) is 33.2 Å². The Balaban J connectivity index is 1.59. The maximum absolute atomic E-state index is 12.6. The number of nitrogens with zero attached hydrogens (tertiary/aromatic N) is 2. The average molecular weight is 445 g/mol. The second-order valence-electron chi connectivity index (χ2n) is 6.67. The molecule has 0 saturated carbocycles. The van der Waals surface area contributed by atoms with Crippen LogP contribution in [0.2, 0.25) is 0 Å². The minimum Gasteiger partial charge on any atom is -0.491 e. The van der Waals surface area contributed by atoms with Crippen molar-refractivity contribution < 1.29 is 14.6 Å². The monoisotopic (exact) mass is 444 g/mol. The molecule has 28 heavy (non-hydrogen) atoms. The van der Waals surface area contributed by atoms with Gasteiger partial charge in [0.2, 0.25) is 0 Å². The van der Waals surface area contributed by atoms with Crippen LogP contribution in [-0.2, 0) is 17.8 Å². The van der Waals surface area contributed by atoms with Gasteiger partial charge in [-0.15, -0.1) is 0 Å². The number of ketones is 1. The van der Waals surface area contributed by atoms with Crippen molar-refractivity contribution in [1.29, 1.82) is 0 Å². The van der Waals surface area contributed by atoms with Crippen LogP contribution in [0.25, 0.3) is 10.9 Å². The normalized spacial score (nSPS) is 12.1. The molecule has 1 N–H and O–H groups in total. The van der Waals surface area contributed by atoms with E-state index in [0.717, 1.165) is 10.0 Å². The van der Waals surface area contributed by atoms with E-state index in [9.17, 15) is 14.7 Å². The van der Waals surface area contributed by atoms with Crippen molar-refractivity contribution in [2.45, 2.75) is 32.4 Å². The fourth-order valence-electron chi connectivity index (χ4n) is 2.81. The van der Waals surface area contributed by atoms with Crippen LogP contribution in [0.1, 0.15) is 18.9 Å². The number of hydrogen-bond acceptors (Lipinski definition) is 5. The van der Waals surface area contributed by atoms with Crippen molar-refractivity contribution in [3.8, 4) is 5.75 Å². The second-order valence-corrected chi connectivity index (χ2v) is 7.59. The van der Waals surface area contributed by atoms with Gasteiger partial charge in [0.25, 0.3) is 5.56 Å². The van der Waals surface area contributed by atoms with E-state index in [-0.39, 0.29) is 24.5 Å². The number of aromatic nitrogens is 2. The third-order valence-corrected chi connectivity index (χ3v) is 4.82. The van der Waals surface area contributed by atoms with E-state index in [2.05, 4.69) is 20.9 Å². The largest absolute Gasteiger partial charge is 0.491 e. The SMILES string of the molecule is CC(=O)CCc1ccc(OCC(O)Cn2cnc3ccc(Br)cc3c2=O)cc1. The summed E-state index contributed by atoms with van der Waals surface area (Å²) in [6.07, 6.45) is 1.79. The molecule has 7 heteroatoms. The summed E-state index contributed by atoms with van der Waals surface area (Å²) in [5, 5.41) is 10.7. The maximum Gasteiger partial charge on any atom is 0.261 e. The molecule has 6 nitrogen and oxygen atoms in total. The van der Waals surface area contributed by atoms with Crippen LogP contribution in [0.5, 0.6) is 5.75 Å². The van der Waals surface area contributed by atoms with E-state index in [1.807, 2.05) is 30.3 Å². The zero-order chi connectivity index (χ0) is 20.1. The summed E-state index contributed by atoms with van der Waals surface area (Å²) in [6.45, 7) is 1.72. The molecule has 1 heterocycles. The maximum atomic E-state index is 12.6. The Kier molecular flexibility index (Phi) is 6.59. The lowest BCUT2D eigenvalue weighted by Gasteiger charge is -2.14. The van der Waals surface area contributed by atoms with E-state index >= 15 is 0 Å². The lowest BCUT2D eigenvalue weighted by Crippen LogP contribution is -2.30. The Labute approximate surface area is 170 Å². The number of carbonyl (C=O) groups is 1. The highest BCUT2D eigenvalue weighted by Gasteiger charge is 2.11. The molecule has 0 aliphatic carbocycles. The Morgan fingerprint density at radius 1 is 1.25 bits per heavy atom. The smallest absolute Gasteiger partial charge is 0.261 e. The van der Waals surface area contributed by atoms with E-state index in [0.29, 0.717) is 29.5 Å². The van der Waals surface area contributed by atoms with Gasteiger partial charge in [0.15, 0.2) is 0 Å². The van der Waals surface area contributed by atoms with Gasteiger partial charge in [-0.25, -0.2) is 4.98 Å². The lowest BCUT2D eigenvalue weighted by molar-refractivity contribution is -0.116. The fraction of sp³-hybridized carbons (Fsp3) is 0.286. The van der Waals surface area contributed by atoms with Crippen molar-refractivity contribution in [3.63, 3.8) is 0 Å². The first-order valence-corrected chi connectivity index (χ1v) is 9.75. The molecule has 0 aliphatic rings. The van der Waals surface area contributed by atoms with Crippen molar-refractivity contribution in [2.24, 2.45) is 0 Å². The Bertz CT molecular complexity index is 1030. The minimum atomic E-state index is -0.860. The van der Waals surface area contributed by atoms with Crippen LogP contribution < -0.4 is 10.3 Å². The third-order valence-electron chi connectivity index (χ3n) is 4.32. The number of fused-ring (bicyclic) bond motifs is 1. The summed E-state index contributed by atoms with van der Waals surface area (Å²) in [4.78, 5) is 27.9. The molecule has 0 bridgehead atoms. The quantitative estimate of drug-likeness (QED) is 0.576. The van der Waals surface area contributed by atoms with Crippen molar-refractivity contribution in [1.82, 2.24) is 9.55 Å². The number of aliphatic hydroxyl groups is 1. The van der Waals surface area contributed by atoms with E-state index in [1.165, 1.54) is 10.9 Å². The molecule has 0 aliphatic heterocycles. The van der Waals surface area contributed by atoms with Gasteiger partial charge in [0.05, 0.1) is 23.8 Å². The highest BCUT2D eigenvalue weighted by atomic mass is 79.9. The van der Waals surface area contributed by atoms with Gasteiger partial charge < -0.3 is 14.6 Å². The number of hydrogen-bond donors (Lipinski definition) is 1. The zero-order valence-electron chi connectivity index (χ0n) is 15.5. The number of benzene rings is 2. The molecular formula is C21H21BrN2O4. The Morgan fingerprint density at radius 2 is 2.00 bits per heavy atom. The molecular weight excluding hydrogens is 424 g/mol. The summed E-state index contributed by atoms with van der Waals surface area (Å²) < 4.78 is 7.79. The Hall–Kier alpha value is -2.51. The molecule has 0 saturated heterocycles. The summed E-state index contributed by atoms with van der Waals surface area (Å²) in [6, 6.07) is 12.7.